The smallest absolute Gasteiger partial charge is 0.307 e. The van der Waals surface area contributed by atoms with E-state index >= 15 is 0 Å². The zero-order chi connectivity index (χ0) is 31.3. The molecule has 10 nitrogen and oxygen atoms in total. The number of hydrogen-bond donors (Lipinski definition) is 5. The number of rotatable bonds is 15. The van der Waals surface area contributed by atoms with E-state index in [-0.39, 0.29) is 18.6 Å². The van der Waals surface area contributed by atoms with Gasteiger partial charge in [-0.1, -0.05) is 74.1 Å². The molecular weight excluding hydrogens is 532 g/mol. The fraction of sp³-hybridized carbons (Fsp3) is 0.516. The molecule has 0 aromatic heterocycles. The molecule has 1 rings (SSSR count). The van der Waals surface area contributed by atoms with Crippen LogP contribution < -0.4 is 0 Å². The van der Waals surface area contributed by atoms with Gasteiger partial charge in [-0.2, -0.15) is 0 Å². The van der Waals surface area contributed by atoms with Gasteiger partial charge >= 0.3 is 11.9 Å². The maximum atomic E-state index is 13.0. The van der Waals surface area contributed by atoms with Crippen LogP contribution in [0.15, 0.2) is 71.4 Å². The average molecular weight is 577 g/mol. The van der Waals surface area contributed by atoms with Crippen LogP contribution in [0.1, 0.15) is 53.9 Å². The molecule has 0 spiro atoms. The Hall–Kier alpha value is -3.15. The van der Waals surface area contributed by atoms with Crippen molar-refractivity contribution in [3.8, 4) is 0 Å². The van der Waals surface area contributed by atoms with E-state index in [1.54, 1.807) is 13.0 Å². The number of ether oxygens (including phenoxy) is 2. The Kier molecular flexibility index (Phi) is 14.8. The molecule has 0 aromatic rings. The summed E-state index contributed by atoms with van der Waals surface area (Å²) in [7, 11) is 0. The highest BCUT2D eigenvalue weighted by Crippen LogP contribution is 2.40. The van der Waals surface area contributed by atoms with Gasteiger partial charge in [-0.05, 0) is 37.3 Å². The summed E-state index contributed by atoms with van der Waals surface area (Å²) in [5, 5.41) is 47.3. The molecule has 0 aromatic carbocycles. The van der Waals surface area contributed by atoms with Crippen molar-refractivity contribution < 1.29 is 49.4 Å². The summed E-state index contributed by atoms with van der Waals surface area (Å²) in [6.45, 7) is 11.6. The summed E-state index contributed by atoms with van der Waals surface area (Å²) in [5.41, 5.74) is 2.91. The van der Waals surface area contributed by atoms with Gasteiger partial charge in [-0.25, -0.2) is 0 Å². The molecule has 0 saturated heterocycles. The molecule has 5 N–H and O–H groups in total. The first-order chi connectivity index (χ1) is 19.1. The van der Waals surface area contributed by atoms with Crippen LogP contribution in [0.5, 0.6) is 0 Å². The maximum Gasteiger partial charge on any atom is 0.307 e. The SMILES string of the molecule is C=C/C=C(C)/C=C/C=C(C)/C=C/C1=C(C)C(=O)C(OC(=O)CCC(=O)OCC(O)C(O)C(O)C(O)CO)CC1(C)C. The first-order valence-electron chi connectivity index (χ1n) is 13.4. The fourth-order valence-corrected chi connectivity index (χ4v) is 4.19. The Balaban J connectivity index is 2.72. The highest BCUT2D eigenvalue weighted by atomic mass is 16.6. The fourth-order valence-electron chi connectivity index (χ4n) is 4.19. The second-order valence-corrected chi connectivity index (χ2v) is 10.7. The van der Waals surface area contributed by atoms with Crippen LogP contribution in [0.2, 0.25) is 0 Å². The lowest BCUT2D eigenvalue weighted by Crippen LogP contribution is -2.47. The topological polar surface area (TPSA) is 171 Å². The first kappa shape index (κ1) is 35.9. The first-order valence-corrected chi connectivity index (χ1v) is 13.4. The average Bonchev–Trinajstić information content (AvgIpc) is 2.91. The summed E-state index contributed by atoms with van der Waals surface area (Å²) in [6, 6.07) is 0. The molecule has 1 aliphatic carbocycles. The summed E-state index contributed by atoms with van der Waals surface area (Å²) >= 11 is 0. The molecule has 0 radical (unpaired) electrons. The van der Waals surface area contributed by atoms with Gasteiger partial charge in [0.2, 0.25) is 0 Å². The van der Waals surface area contributed by atoms with Gasteiger partial charge in [-0.3, -0.25) is 14.4 Å². The lowest BCUT2D eigenvalue weighted by Gasteiger charge is -2.36. The van der Waals surface area contributed by atoms with Crippen LogP contribution in [0.3, 0.4) is 0 Å². The highest BCUT2D eigenvalue weighted by Gasteiger charge is 2.40. The van der Waals surface area contributed by atoms with Crippen LogP contribution in [0.25, 0.3) is 0 Å². The Morgan fingerprint density at radius 1 is 1.00 bits per heavy atom. The predicted octanol–water partition coefficient (Wildman–Crippen LogP) is 2.16. The number of Topliss-reactive ketones (excluding diaryl/α,β-unsaturated/α-hetero) is 1. The number of carbonyl (C=O) groups is 3. The monoisotopic (exact) mass is 576 g/mol. The van der Waals surface area contributed by atoms with Crippen LogP contribution in [-0.2, 0) is 23.9 Å². The second kappa shape index (κ2) is 17.0. The molecule has 0 amide bonds. The summed E-state index contributed by atoms with van der Waals surface area (Å²) in [5.74, 6) is -1.96. The molecule has 228 valence electrons. The van der Waals surface area contributed by atoms with Crippen LogP contribution in [0.4, 0.5) is 0 Å². The quantitative estimate of drug-likeness (QED) is 0.144. The Morgan fingerprint density at radius 3 is 2.20 bits per heavy atom. The normalized spacial score (nSPS) is 21.1. The molecule has 0 aliphatic heterocycles. The Bertz CT molecular complexity index is 1090. The maximum absolute atomic E-state index is 13.0. The number of aliphatic hydroxyl groups excluding tert-OH is 5. The number of esters is 2. The van der Waals surface area contributed by atoms with Gasteiger partial charge in [0.25, 0.3) is 0 Å². The third-order valence-corrected chi connectivity index (χ3v) is 6.65. The second-order valence-electron chi connectivity index (χ2n) is 10.7. The minimum absolute atomic E-state index is 0.263. The largest absolute Gasteiger partial charge is 0.463 e. The van der Waals surface area contributed by atoms with Crippen LogP contribution in [0, 0.1) is 5.41 Å². The van der Waals surface area contributed by atoms with Gasteiger partial charge < -0.3 is 35.0 Å². The number of ketones is 1. The molecule has 5 atom stereocenters. The van der Waals surface area contributed by atoms with E-state index < -0.39 is 67.5 Å². The standard InChI is InChI=1S/C31H44O10/c1-7-9-19(2)10-8-11-20(3)12-13-22-21(4)28(37)25(16-31(22,5)6)41-27(36)15-14-26(35)40-18-24(34)30(39)29(38)23(33)17-32/h7-13,23-25,29-30,32-34,38-39H,1,14-18H2,2-6H3/b10-8+,13-12+,19-9+,20-11+. The van der Waals surface area contributed by atoms with Gasteiger partial charge in [0.1, 0.15) is 31.0 Å². The predicted molar refractivity (Wildman–Crippen MR) is 153 cm³/mol. The van der Waals surface area contributed by atoms with Crippen molar-refractivity contribution in [2.24, 2.45) is 5.41 Å². The summed E-state index contributed by atoms with van der Waals surface area (Å²) in [4.78, 5) is 37.4. The van der Waals surface area contributed by atoms with E-state index in [1.807, 2.05) is 64.2 Å². The highest BCUT2D eigenvalue weighted by molar-refractivity contribution is 6.01. The van der Waals surface area contributed by atoms with Crippen molar-refractivity contribution in [2.45, 2.75) is 84.4 Å². The molecular formula is C31H44O10. The molecule has 41 heavy (non-hydrogen) atoms. The Morgan fingerprint density at radius 2 is 1.59 bits per heavy atom. The van der Waals surface area contributed by atoms with Crippen molar-refractivity contribution in [3.63, 3.8) is 0 Å². The van der Waals surface area contributed by atoms with E-state index in [1.165, 1.54) is 0 Å². The molecule has 10 heteroatoms. The molecule has 0 bridgehead atoms. The van der Waals surface area contributed by atoms with Gasteiger partial charge in [0.15, 0.2) is 11.9 Å². The third kappa shape index (κ3) is 11.7. The molecule has 0 fully saturated rings. The Labute approximate surface area is 241 Å². The summed E-state index contributed by atoms with van der Waals surface area (Å²) < 4.78 is 10.2. The number of carbonyl (C=O) groups excluding carboxylic acids is 3. The minimum atomic E-state index is -1.88. The van der Waals surface area contributed by atoms with Crippen molar-refractivity contribution in [1.29, 1.82) is 0 Å². The van der Waals surface area contributed by atoms with Crippen molar-refractivity contribution >= 4 is 17.7 Å². The lowest BCUT2D eigenvalue weighted by molar-refractivity contribution is -0.161. The van der Waals surface area contributed by atoms with E-state index in [0.717, 1.165) is 16.7 Å². The van der Waals surface area contributed by atoms with E-state index in [4.69, 9.17) is 14.6 Å². The molecule has 0 heterocycles. The van der Waals surface area contributed by atoms with Crippen molar-refractivity contribution in [1.82, 2.24) is 0 Å². The van der Waals surface area contributed by atoms with Gasteiger partial charge in [0.05, 0.1) is 19.4 Å². The number of hydrogen-bond acceptors (Lipinski definition) is 10. The zero-order valence-electron chi connectivity index (χ0n) is 24.4. The molecule has 5 unspecified atom stereocenters. The molecule has 0 saturated carbocycles. The minimum Gasteiger partial charge on any atom is -0.463 e. The lowest BCUT2D eigenvalue weighted by atomic mass is 9.71. The molecule has 1 aliphatic rings. The third-order valence-electron chi connectivity index (χ3n) is 6.65. The zero-order valence-corrected chi connectivity index (χ0v) is 24.4. The number of allylic oxidation sites excluding steroid dienone is 10. The number of aliphatic hydroxyl groups is 5. The van der Waals surface area contributed by atoms with Crippen LogP contribution in [-0.4, -0.2) is 87.0 Å². The van der Waals surface area contributed by atoms with E-state index in [2.05, 4.69) is 6.58 Å². The van der Waals surface area contributed by atoms with Gasteiger partial charge in [0, 0.05) is 6.42 Å². The van der Waals surface area contributed by atoms with Crippen molar-refractivity contribution in [3.05, 3.63) is 71.4 Å². The van der Waals surface area contributed by atoms with E-state index in [9.17, 15) is 34.8 Å². The van der Waals surface area contributed by atoms with Crippen molar-refractivity contribution in [2.75, 3.05) is 13.2 Å². The summed E-state index contributed by atoms with van der Waals surface area (Å²) in [6.07, 6.45) is 4.62. The van der Waals surface area contributed by atoms with E-state index in [0.29, 0.717) is 5.57 Å². The van der Waals surface area contributed by atoms with Crippen LogP contribution >= 0.6 is 0 Å². The van der Waals surface area contributed by atoms with Gasteiger partial charge in [-0.15, -0.1) is 0 Å².